The molecule has 1 amide bonds. The van der Waals surface area contributed by atoms with Gasteiger partial charge < -0.3 is 10.1 Å². The van der Waals surface area contributed by atoms with Gasteiger partial charge in [0.05, 0.1) is 6.54 Å². The summed E-state index contributed by atoms with van der Waals surface area (Å²) in [5.41, 5.74) is 2.51. The van der Waals surface area contributed by atoms with Gasteiger partial charge in [-0.3, -0.25) is 9.48 Å². The molecule has 0 radical (unpaired) electrons. The Balaban J connectivity index is 2.11. The van der Waals surface area contributed by atoms with Gasteiger partial charge in [0.15, 0.2) is 5.69 Å². The van der Waals surface area contributed by atoms with Crippen LogP contribution in [0.15, 0.2) is 36.4 Å². The number of nitrogens with one attached hydrogen (secondary N) is 1. The molecule has 2 rings (SSSR count). The van der Waals surface area contributed by atoms with Crippen LogP contribution in [-0.2, 0) is 11.3 Å². The van der Waals surface area contributed by atoms with E-state index in [0.717, 1.165) is 11.3 Å². The van der Waals surface area contributed by atoms with Gasteiger partial charge in [0.25, 0.3) is 5.91 Å². The third kappa shape index (κ3) is 3.42. The fourth-order valence-electron chi connectivity index (χ4n) is 1.77. The molecule has 0 atom stereocenters. The molecule has 0 aliphatic heterocycles. The third-order valence-electron chi connectivity index (χ3n) is 2.77. The van der Waals surface area contributed by atoms with Crippen LogP contribution in [0.5, 0.6) is 0 Å². The highest BCUT2D eigenvalue weighted by Crippen LogP contribution is 2.07. The largest absolute Gasteiger partial charge is 0.364 e. The number of nitrogens with zero attached hydrogens (tertiary/aromatic N) is 2. The van der Waals surface area contributed by atoms with E-state index in [4.69, 9.17) is 4.74 Å². The second-order valence-corrected chi connectivity index (χ2v) is 4.25. The molecule has 1 heterocycles. The van der Waals surface area contributed by atoms with Crippen LogP contribution in [0.1, 0.15) is 21.7 Å². The van der Waals surface area contributed by atoms with Gasteiger partial charge >= 0.3 is 0 Å². The van der Waals surface area contributed by atoms with Gasteiger partial charge in [-0.25, -0.2) is 0 Å². The SMILES string of the molecule is COCNC(=O)c1cc(C)n(Cc2ccccc2)n1. The highest BCUT2D eigenvalue weighted by atomic mass is 16.5. The quantitative estimate of drug-likeness (QED) is 0.829. The Morgan fingerprint density at radius 1 is 1.37 bits per heavy atom. The van der Waals surface area contributed by atoms with Crippen LogP contribution < -0.4 is 5.32 Å². The summed E-state index contributed by atoms with van der Waals surface area (Å²) in [6, 6.07) is 11.8. The molecule has 0 bridgehead atoms. The first-order valence-electron chi connectivity index (χ1n) is 6.06. The van der Waals surface area contributed by atoms with Crippen molar-refractivity contribution in [3.05, 3.63) is 53.3 Å². The maximum Gasteiger partial charge on any atom is 0.273 e. The minimum absolute atomic E-state index is 0.184. The maximum atomic E-state index is 11.8. The number of ether oxygens (including phenoxy) is 1. The Hall–Kier alpha value is -2.14. The number of aryl methyl sites for hydroxylation is 1. The Bertz CT molecular complexity index is 549. The average Bonchev–Trinajstić information content (AvgIpc) is 2.79. The van der Waals surface area contributed by atoms with E-state index in [1.807, 2.05) is 41.9 Å². The van der Waals surface area contributed by atoms with E-state index in [9.17, 15) is 4.79 Å². The van der Waals surface area contributed by atoms with E-state index >= 15 is 0 Å². The van der Waals surface area contributed by atoms with Crippen molar-refractivity contribution in [1.29, 1.82) is 0 Å². The lowest BCUT2D eigenvalue weighted by atomic mass is 10.2. The van der Waals surface area contributed by atoms with Gasteiger partial charge in [0.2, 0.25) is 0 Å². The standard InChI is InChI=1S/C14H17N3O2/c1-11-8-13(14(18)15-10-19-2)16-17(11)9-12-6-4-3-5-7-12/h3-8H,9-10H2,1-2H3,(H,15,18). The molecular weight excluding hydrogens is 242 g/mol. The number of carbonyl (C=O) groups is 1. The molecule has 0 aliphatic carbocycles. The lowest BCUT2D eigenvalue weighted by molar-refractivity contribution is 0.0866. The minimum atomic E-state index is -0.225. The molecule has 0 saturated carbocycles. The van der Waals surface area contributed by atoms with Crippen LogP contribution in [0.3, 0.4) is 0 Å². The van der Waals surface area contributed by atoms with E-state index in [1.54, 1.807) is 6.07 Å². The summed E-state index contributed by atoms with van der Waals surface area (Å²) < 4.78 is 6.62. The van der Waals surface area contributed by atoms with Crippen molar-refractivity contribution in [1.82, 2.24) is 15.1 Å². The third-order valence-corrected chi connectivity index (χ3v) is 2.77. The highest BCUT2D eigenvalue weighted by Gasteiger charge is 2.11. The first-order valence-corrected chi connectivity index (χ1v) is 6.06. The summed E-state index contributed by atoms with van der Waals surface area (Å²) in [5.74, 6) is -0.225. The number of rotatable bonds is 5. The molecule has 2 aromatic rings. The molecular formula is C14H17N3O2. The van der Waals surface area contributed by atoms with Crippen LogP contribution in [0, 0.1) is 6.92 Å². The number of aromatic nitrogens is 2. The molecule has 100 valence electrons. The molecule has 0 spiro atoms. The Kier molecular flexibility index (Phi) is 4.30. The zero-order valence-corrected chi connectivity index (χ0v) is 11.1. The highest BCUT2D eigenvalue weighted by molar-refractivity contribution is 5.92. The van der Waals surface area contributed by atoms with Crippen molar-refractivity contribution in [2.24, 2.45) is 0 Å². The van der Waals surface area contributed by atoms with Crippen molar-refractivity contribution in [3.8, 4) is 0 Å². The summed E-state index contributed by atoms with van der Waals surface area (Å²) in [6.07, 6.45) is 0. The summed E-state index contributed by atoms with van der Waals surface area (Å²) >= 11 is 0. The minimum Gasteiger partial charge on any atom is -0.364 e. The number of hydrogen-bond donors (Lipinski definition) is 1. The van der Waals surface area contributed by atoms with Crippen LogP contribution in [0.2, 0.25) is 0 Å². The van der Waals surface area contributed by atoms with Gasteiger partial charge in [-0.2, -0.15) is 5.10 Å². The van der Waals surface area contributed by atoms with Crippen LogP contribution in [0.25, 0.3) is 0 Å². The van der Waals surface area contributed by atoms with Crippen LogP contribution in [-0.4, -0.2) is 29.5 Å². The van der Waals surface area contributed by atoms with E-state index in [0.29, 0.717) is 12.2 Å². The maximum absolute atomic E-state index is 11.8. The Labute approximate surface area is 112 Å². The average molecular weight is 259 g/mol. The van der Waals surface area contributed by atoms with Crippen molar-refractivity contribution in [2.45, 2.75) is 13.5 Å². The summed E-state index contributed by atoms with van der Waals surface area (Å²) in [5, 5.41) is 6.92. The fraction of sp³-hybridized carbons (Fsp3) is 0.286. The van der Waals surface area contributed by atoms with Crippen LogP contribution >= 0.6 is 0 Å². The Morgan fingerprint density at radius 2 is 2.11 bits per heavy atom. The molecule has 5 heteroatoms. The first-order chi connectivity index (χ1) is 9.20. The summed E-state index contributed by atoms with van der Waals surface area (Å²) in [7, 11) is 1.53. The topological polar surface area (TPSA) is 56.1 Å². The second-order valence-electron chi connectivity index (χ2n) is 4.25. The van der Waals surface area contributed by atoms with E-state index < -0.39 is 0 Å². The molecule has 1 aromatic heterocycles. The number of methoxy groups -OCH3 is 1. The molecule has 1 N–H and O–H groups in total. The number of hydrogen-bond acceptors (Lipinski definition) is 3. The lowest BCUT2D eigenvalue weighted by Crippen LogP contribution is -2.25. The zero-order chi connectivity index (χ0) is 13.7. The zero-order valence-electron chi connectivity index (χ0n) is 11.1. The molecule has 0 unspecified atom stereocenters. The van der Waals surface area contributed by atoms with Gasteiger partial charge in [-0.15, -0.1) is 0 Å². The van der Waals surface area contributed by atoms with Gasteiger partial charge in [0, 0.05) is 12.8 Å². The molecule has 0 aliphatic rings. The smallest absolute Gasteiger partial charge is 0.273 e. The lowest BCUT2D eigenvalue weighted by Gasteiger charge is -2.04. The molecule has 5 nitrogen and oxygen atoms in total. The molecule has 1 aromatic carbocycles. The van der Waals surface area contributed by atoms with Crippen molar-refractivity contribution in [2.75, 3.05) is 13.8 Å². The van der Waals surface area contributed by atoms with Crippen molar-refractivity contribution < 1.29 is 9.53 Å². The summed E-state index contributed by atoms with van der Waals surface area (Å²) in [4.78, 5) is 11.8. The molecule has 0 fully saturated rings. The Morgan fingerprint density at radius 3 is 2.79 bits per heavy atom. The van der Waals surface area contributed by atoms with Gasteiger partial charge in [-0.1, -0.05) is 30.3 Å². The van der Waals surface area contributed by atoms with E-state index in [2.05, 4.69) is 10.4 Å². The van der Waals surface area contributed by atoms with Gasteiger partial charge in [-0.05, 0) is 18.6 Å². The number of benzene rings is 1. The number of carbonyl (C=O) groups excluding carboxylic acids is 1. The first kappa shape index (κ1) is 13.3. The van der Waals surface area contributed by atoms with Crippen LogP contribution in [0.4, 0.5) is 0 Å². The normalized spacial score (nSPS) is 10.4. The second kappa shape index (κ2) is 6.15. The van der Waals surface area contributed by atoms with Crippen molar-refractivity contribution >= 4 is 5.91 Å². The van der Waals surface area contributed by atoms with Gasteiger partial charge in [0.1, 0.15) is 6.73 Å². The monoisotopic (exact) mass is 259 g/mol. The fourth-order valence-corrected chi connectivity index (χ4v) is 1.77. The van der Waals surface area contributed by atoms with E-state index in [-0.39, 0.29) is 12.6 Å². The van der Waals surface area contributed by atoms with Crippen molar-refractivity contribution in [3.63, 3.8) is 0 Å². The predicted molar refractivity (Wildman–Crippen MR) is 71.9 cm³/mol. The molecule has 19 heavy (non-hydrogen) atoms. The van der Waals surface area contributed by atoms with E-state index in [1.165, 1.54) is 7.11 Å². The summed E-state index contributed by atoms with van der Waals surface area (Å²) in [6.45, 7) is 2.77. The molecule has 0 saturated heterocycles. The predicted octanol–water partition coefficient (Wildman–Crippen LogP) is 1.57. The number of amides is 1.